The zero-order chi connectivity index (χ0) is 18.1. The smallest absolute Gasteiger partial charge is 0.339 e. The molecule has 1 heterocycles. The Kier molecular flexibility index (Phi) is 4.01. The number of hydrogen-bond acceptors (Lipinski definition) is 4. The first kappa shape index (κ1) is 16.4. The van der Waals surface area contributed by atoms with E-state index in [4.69, 9.17) is 12.2 Å². The quantitative estimate of drug-likeness (QED) is 0.413. The van der Waals surface area contributed by atoms with E-state index in [0.717, 1.165) is 5.56 Å². The van der Waals surface area contributed by atoms with Crippen molar-refractivity contribution in [3.63, 3.8) is 0 Å². The van der Waals surface area contributed by atoms with Crippen molar-refractivity contribution in [2.75, 3.05) is 0 Å². The second-order valence-corrected chi connectivity index (χ2v) is 7.22. The molecule has 4 rings (SSSR count). The van der Waals surface area contributed by atoms with Crippen LogP contribution in [0.15, 0.2) is 83.8 Å². The zero-order valence-corrected chi connectivity index (χ0v) is 14.4. The molecular formula is C19H13BN2O3S. The molecule has 0 spiro atoms. The number of nitrogens with zero attached hydrogens (tertiary/aromatic N) is 2. The Labute approximate surface area is 152 Å². The summed E-state index contributed by atoms with van der Waals surface area (Å²) >= 11 is 0. The van der Waals surface area contributed by atoms with E-state index < -0.39 is 10.1 Å². The predicted octanol–water partition coefficient (Wildman–Crippen LogP) is 3.40. The molecule has 2 radical (unpaired) electrons. The first-order valence-corrected chi connectivity index (χ1v) is 9.28. The average Bonchev–Trinajstić information content (AvgIpc) is 2.99. The third-order valence-electron chi connectivity index (χ3n) is 3.93. The molecule has 5 nitrogen and oxygen atoms in total. The average molecular weight is 360 g/mol. The summed E-state index contributed by atoms with van der Waals surface area (Å²) < 4.78 is 31.6. The molecule has 0 atom stereocenters. The minimum Gasteiger partial charge on any atom is -0.381 e. The first-order valence-electron chi connectivity index (χ1n) is 7.87. The van der Waals surface area contributed by atoms with E-state index in [-0.39, 0.29) is 10.6 Å². The van der Waals surface area contributed by atoms with Crippen LogP contribution in [-0.2, 0) is 10.1 Å². The van der Waals surface area contributed by atoms with Crippen LogP contribution < -0.4 is 4.18 Å². The Morgan fingerprint density at radius 2 is 1.54 bits per heavy atom. The lowest BCUT2D eigenvalue weighted by Gasteiger charge is -2.07. The van der Waals surface area contributed by atoms with Gasteiger partial charge in [0.15, 0.2) is 0 Å². The van der Waals surface area contributed by atoms with Crippen molar-refractivity contribution in [2.24, 2.45) is 0 Å². The molecule has 26 heavy (non-hydrogen) atoms. The Morgan fingerprint density at radius 3 is 2.23 bits per heavy atom. The molecule has 1 aromatic heterocycles. The van der Waals surface area contributed by atoms with Gasteiger partial charge in [0.1, 0.15) is 16.5 Å². The van der Waals surface area contributed by atoms with Crippen LogP contribution >= 0.6 is 0 Å². The molecule has 0 N–H and O–H groups in total. The van der Waals surface area contributed by atoms with E-state index >= 15 is 0 Å². The van der Waals surface area contributed by atoms with Gasteiger partial charge in [0.05, 0.1) is 11.0 Å². The number of imidazole rings is 1. The van der Waals surface area contributed by atoms with Crippen molar-refractivity contribution in [2.45, 2.75) is 4.90 Å². The summed E-state index contributed by atoms with van der Waals surface area (Å²) in [5, 5.41) is 0. The molecule has 0 aliphatic carbocycles. The summed E-state index contributed by atoms with van der Waals surface area (Å²) in [5.41, 5.74) is 1.95. The maximum absolute atomic E-state index is 12.5. The fourth-order valence-electron chi connectivity index (χ4n) is 2.67. The van der Waals surface area contributed by atoms with Gasteiger partial charge < -0.3 is 8.66 Å². The number of fused-ring (bicyclic) bond motifs is 1. The van der Waals surface area contributed by atoms with Crippen molar-refractivity contribution in [3.05, 3.63) is 78.9 Å². The van der Waals surface area contributed by atoms with Gasteiger partial charge in [-0.05, 0) is 30.3 Å². The molecule has 126 valence electrons. The lowest BCUT2D eigenvalue weighted by atomic mass is 10.2. The van der Waals surface area contributed by atoms with Crippen LogP contribution in [0, 0.1) is 0 Å². The third kappa shape index (κ3) is 2.97. The molecule has 0 fully saturated rings. The molecule has 0 unspecified atom stereocenters. The SMILES string of the molecule is [B]n1c(-c2ccccc2)nc2ccc(S(=O)(=O)Oc3ccccc3)cc21. The normalized spacial score (nSPS) is 11.5. The van der Waals surface area contributed by atoms with Crippen molar-refractivity contribution in [1.29, 1.82) is 0 Å². The molecule has 0 aliphatic rings. The number of hydrogen-bond donors (Lipinski definition) is 0. The van der Waals surface area contributed by atoms with Crippen LogP contribution in [0.3, 0.4) is 0 Å². The summed E-state index contributed by atoms with van der Waals surface area (Å²) in [5.74, 6) is 0.804. The van der Waals surface area contributed by atoms with Gasteiger partial charge >= 0.3 is 10.1 Å². The minimum atomic E-state index is -3.97. The number of para-hydroxylation sites is 1. The predicted molar refractivity (Wildman–Crippen MR) is 101 cm³/mol. The van der Waals surface area contributed by atoms with Gasteiger partial charge in [0.2, 0.25) is 7.98 Å². The van der Waals surface area contributed by atoms with Crippen molar-refractivity contribution in [1.82, 2.24) is 9.46 Å². The minimum absolute atomic E-state index is 0.0139. The second kappa shape index (κ2) is 6.35. The molecule has 0 bridgehead atoms. The van der Waals surface area contributed by atoms with Crippen molar-refractivity contribution >= 4 is 29.1 Å². The van der Waals surface area contributed by atoms with Gasteiger partial charge in [-0.15, -0.1) is 0 Å². The monoisotopic (exact) mass is 360 g/mol. The molecule has 0 aliphatic heterocycles. The molecule has 0 amide bonds. The van der Waals surface area contributed by atoms with Crippen LogP contribution in [0.25, 0.3) is 22.4 Å². The van der Waals surface area contributed by atoms with Crippen LogP contribution in [0.2, 0.25) is 0 Å². The van der Waals surface area contributed by atoms with E-state index in [2.05, 4.69) is 4.98 Å². The highest BCUT2D eigenvalue weighted by atomic mass is 32.2. The van der Waals surface area contributed by atoms with Gasteiger partial charge in [-0.25, -0.2) is 4.98 Å². The molecule has 4 aromatic rings. The van der Waals surface area contributed by atoms with E-state index in [9.17, 15) is 8.42 Å². The van der Waals surface area contributed by atoms with E-state index in [1.54, 1.807) is 36.4 Å². The third-order valence-corrected chi connectivity index (χ3v) is 5.17. The van der Waals surface area contributed by atoms with Gasteiger partial charge in [-0.2, -0.15) is 8.42 Å². The van der Waals surface area contributed by atoms with Gasteiger partial charge in [0, 0.05) is 5.56 Å². The summed E-state index contributed by atoms with van der Waals surface area (Å²) in [6, 6.07) is 22.3. The highest BCUT2D eigenvalue weighted by Crippen LogP contribution is 2.26. The fraction of sp³-hybridized carbons (Fsp3) is 0. The maximum Gasteiger partial charge on any atom is 0.339 e. The molecular weight excluding hydrogens is 347 g/mol. The van der Waals surface area contributed by atoms with Crippen LogP contribution in [0.4, 0.5) is 0 Å². The highest BCUT2D eigenvalue weighted by Gasteiger charge is 2.19. The fourth-order valence-corrected chi connectivity index (χ4v) is 3.62. The zero-order valence-electron chi connectivity index (χ0n) is 13.6. The summed E-state index contributed by atoms with van der Waals surface area (Å²) in [7, 11) is 2.18. The second-order valence-electron chi connectivity index (χ2n) is 5.67. The standard InChI is InChI=1S/C19H13BN2O3S/c20-22-18-13-16(26(23,24)25-15-9-5-2-6-10-15)11-12-17(18)21-19(22)14-7-3-1-4-8-14/h1-13H. The van der Waals surface area contributed by atoms with Crippen LogP contribution in [0.5, 0.6) is 5.75 Å². The van der Waals surface area contributed by atoms with Gasteiger partial charge in [-0.1, -0.05) is 48.5 Å². The van der Waals surface area contributed by atoms with E-state index in [1.165, 1.54) is 16.6 Å². The highest BCUT2D eigenvalue weighted by molar-refractivity contribution is 7.87. The number of aromatic nitrogens is 2. The summed E-state index contributed by atoms with van der Waals surface area (Å²) in [6.45, 7) is 0. The Bertz CT molecular complexity index is 1170. The largest absolute Gasteiger partial charge is 0.381 e. The van der Waals surface area contributed by atoms with Crippen molar-refractivity contribution in [3.8, 4) is 17.1 Å². The number of rotatable bonds is 4. The van der Waals surface area contributed by atoms with Crippen LogP contribution in [0.1, 0.15) is 0 Å². The topological polar surface area (TPSA) is 61.2 Å². The molecule has 7 heteroatoms. The Morgan fingerprint density at radius 1 is 0.885 bits per heavy atom. The molecule has 0 saturated carbocycles. The Hall–Kier alpha value is -3.06. The lowest BCUT2D eigenvalue weighted by molar-refractivity contribution is 0.486. The Balaban J connectivity index is 1.77. The molecule has 0 saturated heterocycles. The summed E-state index contributed by atoms with van der Waals surface area (Å²) in [6.07, 6.45) is 0. The van der Waals surface area contributed by atoms with E-state index in [0.29, 0.717) is 16.9 Å². The summed E-state index contributed by atoms with van der Waals surface area (Å²) in [4.78, 5) is 4.51. The van der Waals surface area contributed by atoms with Gasteiger partial charge in [0.25, 0.3) is 0 Å². The van der Waals surface area contributed by atoms with Gasteiger partial charge in [-0.3, -0.25) is 0 Å². The van der Waals surface area contributed by atoms with Crippen LogP contribution in [-0.4, -0.2) is 25.9 Å². The lowest BCUT2D eigenvalue weighted by Crippen LogP contribution is -2.09. The molecule has 3 aromatic carbocycles. The van der Waals surface area contributed by atoms with E-state index in [1.807, 2.05) is 30.3 Å². The maximum atomic E-state index is 12.5. The number of benzene rings is 3. The first-order chi connectivity index (χ1) is 12.5. The van der Waals surface area contributed by atoms with Crippen molar-refractivity contribution < 1.29 is 12.6 Å².